The summed E-state index contributed by atoms with van der Waals surface area (Å²) in [7, 11) is 0. The van der Waals surface area contributed by atoms with E-state index in [9.17, 15) is 0 Å². The predicted molar refractivity (Wildman–Crippen MR) is 68.9 cm³/mol. The molecule has 0 aromatic rings. The molecule has 0 saturated heterocycles. The first-order valence-electron chi connectivity index (χ1n) is 6.42. The summed E-state index contributed by atoms with van der Waals surface area (Å²) < 4.78 is 0. The molecule has 0 N–H and O–H groups in total. The van der Waals surface area contributed by atoms with Gasteiger partial charge in [0.2, 0.25) is 0 Å². The van der Waals surface area contributed by atoms with Crippen LogP contribution in [0, 0.1) is 11.8 Å². The molecule has 0 aromatic carbocycles. The van der Waals surface area contributed by atoms with E-state index in [1.54, 1.807) is 5.57 Å². The van der Waals surface area contributed by atoms with E-state index in [1.165, 1.54) is 44.1 Å². The van der Waals surface area contributed by atoms with Crippen LogP contribution in [-0.4, -0.2) is 0 Å². The van der Waals surface area contributed by atoms with E-state index in [0.29, 0.717) is 0 Å². The first kappa shape index (κ1) is 12.5. The zero-order valence-corrected chi connectivity index (χ0v) is 10.7. The summed E-state index contributed by atoms with van der Waals surface area (Å²) in [6.45, 7) is 11.2. The molecule has 0 fully saturated rings. The van der Waals surface area contributed by atoms with E-state index in [0.717, 1.165) is 11.8 Å². The summed E-state index contributed by atoms with van der Waals surface area (Å²) in [6.07, 6.45) is 10.1. The Kier molecular flexibility index (Phi) is 5.14. The Hall–Kier alpha value is -0.520. The van der Waals surface area contributed by atoms with Gasteiger partial charge in [-0.25, -0.2) is 0 Å². The fourth-order valence-electron chi connectivity index (χ4n) is 2.36. The number of rotatable bonds is 1. The minimum atomic E-state index is 0.824. The monoisotopic (exact) mass is 206 g/mol. The molecule has 15 heavy (non-hydrogen) atoms. The van der Waals surface area contributed by atoms with Crippen molar-refractivity contribution in [3.63, 3.8) is 0 Å². The minimum Gasteiger partial charge on any atom is -0.0999 e. The van der Waals surface area contributed by atoms with Gasteiger partial charge in [-0.2, -0.15) is 0 Å². The standard InChI is InChI=1S/C15H26/c1-12(2)15-10-8-13(3)6-5-7-14(4)9-11-15/h7,12,15H,3,5-6,8-11H2,1-2,4H3. The van der Waals surface area contributed by atoms with Gasteiger partial charge in [-0.3, -0.25) is 0 Å². The highest BCUT2D eigenvalue weighted by atomic mass is 14.2. The fourth-order valence-corrected chi connectivity index (χ4v) is 2.36. The molecule has 0 spiro atoms. The van der Waals surface area contributed by atoms with Crippen molar-refractivity contribution in [2.75, 3.05) is 0 Å². The van der Waals surface area contributed by atoms with Crippen molar-refractivity contribution in [2.24, 2.45) is 11.8 Å². The van der Waals surface area contributed by atoms with Crippen molar-refractivity contribution in [1.29, 1.82) is 0 Å². The first-order chi connectivity index (χ1) is 7.09. The molecule has 0 nitrogen and oxygen atoms in total. The lowest BCUT2D eigenvalue weighted by atomic mass is 9.84. The van der Waals surface area contributed by atoms with Crippen LogP contribution in [0.1, 0.15) is 59.3 Å². The lowest BCUT2D eigenvalue weighted by Crippen LogP contribution is -2.10. The zero-order chi connectivity index (χ0) is 11.3. The van der Waals surface area contributed by atoms with Gasteiger partial charge < -0.3 is 0 Å². The van der Waals surface area contributed by atoms with Crippen LogP contribution >= 0.6 is 0 Å². The minimum absolute atomic E-state index is 0.824. The smallest absolute Gasteiger partial charge is 0.0288 e. The van der Waals surface area contributed by atoms with Crippen LogP contribution in [0.4, 0.5) is 0 Å². The first-order valence-corrected chi connectivity index (χ1v) is 6.42. The third kappa shape index (κ3) is 4.68. The summed E-state index contributed by atoms with van der Waals surface area (Å²) in [5.41, 5.74) is 3.03. The van der Waals surface area contributed by atoms with Crippen LogP contribution in [0.5, 0.6) is 0 Å². The Morgan fingerprint density at radius 3 is 2.53 bits per heavy atom. The summed E-state index contributed by atoms with van der Waals surface area (Å²) in [4.78, 5) is 0. The second kappa shape index (κ2) is 6.15. The average Bonchev–Trinajstić information content (AvgIpc) is 2.16. The van der Waals surface area contributed by atoms with Gasteiger partial charge in [0.25, 0.3) is 0 Å². The Morgan fingerprint density at radius 2 is 1.87 bits per heavy atom. The van der Waals surface area contributed by atoms with E-state index in [-0.39, 0.29) is 0 Å². The molecular weight excluding hydrogens is 180 g/mol. The maximum absolute atomic E-state index is 4.18. The molecule has 1 atom stereocenters. The summed E-state index contributed by atoms with van der Waals surface area (Å²) in [6, 6.07) is 0. The van der Waals surface area contributed by atoms with Gasteiger partial charge in [-0.1, -0.05) is 37.6 Å². The summed E-state index contributed by atoms with van der Waals surface area (Å²) >= 11 is 0. The highest BCUT2D eigenvalue weighted by molar-refractivity contribution is 5.04. The highest BCUT2D eigenvalue weighted by Crippen LogP contribution is 2.28. The van der Waals surface area contributed by atoms with Crippen molar-refractivity contribution in [3.05, 3.63) is 23.8 Å². The predicted octanol–water partition coefficient (Wildman–Crippen LogP) is 5.12. The van der Waals surface area contributed by atoms with Crippen molar-refractivity contribution in [3.8, 4) is 0 Å². The van der Waals surface area contributed by atoms with Gasteiger partial charge in [0, 0.05) is 0 Å². The van der Waals surface area contributed by atoms with Crippen LogP contribution in [-0.2, 0) is 0 Å². The topological polar surface area (TPSA) is 0 Å². The summed E-state index contributed by atoms with van der Waals surface area (Å²) in [5.74, 6) is 1.72. The molecule has 0 radical (unpaired) electrons. The van der Waals surface area contributed by atoms with Crippen LogP contribution in [0.2, 0.25) is 0 Å². The fraction of sp³-hybridized carbons (Fsp3) is 0.733. The maximum atomic E-state index is 4.18. The third-order valence-electron chi connectivity index (χ3n) is 3.71. The molecule has 0 amide bonds. The Bertz CT molecular complexity index is 232. The average molecular weight is 206 g/mol. The zero-order valence-electron chi connectivity index (χ0n) is 10.7. The van der Waals surface area contributed by atoms with Crippen molar-refractivity contribution >= 4 is 0 Å². The molecule has 1 aliphatic carbocycles. The molecule has 0 heterocycles. The second-order valence-corrected chi connectivity index (χ2v) is 5.42. The van der Waals surface area contributed by atoms with Crippen LogP contribution in [0.15, 0.2) is 23.8 Å². The number of hydrogen-bond donors (Lipinski definition) is 0. The Balaban J connectivity index is 2.59. The quantitative estimate of drug-likeness (QED) is 0.523. The largest absolute Gasteiger partial charge is 0.0999 e. The van der Waals surface area contributed by atoms with E-state index in [2.05, 4.69) is 33.4 Å². The van der Waals surface area contributed by atoms with Gasteiger partial charge in [-0.15, -0.1) is 0 Å². The van der Waals surface area contributed by atoms with Gasteiger partial charge >= 0.3 is 0 Å². The molecule has 1 unspecified atom stereocenters. The molecule has 0 aliphatic heterocycles. The SMILES string of the molecule is C=C1CCC=C(C)CCC(C(C)C)CC1. The Labute approximate surface area is 95.5 Å². The lowest BCUT2D eigenvalue weighted by molar-refractivity contribution is 0.334. The van der Waals surface area contributed by atoms with E-state index >= 15 is 0 Å². The van der Waals surface area contributed by atoms with Gasteiger partial charge in [0.05, 0.1) is 0 Å². The second-order valence-electron chi connectivity index (χ2n) is 5.42. The van der Waals surface area contributed by atoms with Gasteiger partial charge in [-0.05, 0) is 57.3 Å². The lowest BCUT2D eigenvalue weighted by Gasteiger charge is -2.22. The normalized spacial score (nSPS) is 25.2. The molecule has 0 aromatic heterocycles. The van der Waals surface area contributed by atoms with Crippen molar-refractivity contribution in [2.45, 2.75) is 59.3 Å². The maximum Gasteiger partial charge on any atom is -0.0288 e. The van der Waals surface area contributed by atoms with Crippen LogP contribution < -0.4 is 0 Å². The number of hydrogen-bond acceptors (Lipinski definition) is 0. The molecule has 86 valence electrons. The molecule has 0 saturated carbocycles. The molecule has 0 bridgehead atoms. The van der Waals surface area contributed by atoms with Crippen LogP contribution in [0.3, 0.4) is 0 Å². The Morgan fingerprint density at radius 1 is 1.20 bits per heavy atom. The van der Waals surface area contributed by atoms with E-state index in [1.807, 2.05) is 0 Å². The van der Waals surface area contributed by atoms with Gasteiger partial charge in [0.1, 0.15) is 0 Å². The van der Waals surface area contributed by atoms with Crippen molar-refractivity contribution in [1.82, 2.24) is 0 Å². The van der Waals surface area contributed by atoms with Crippen molar-refractivity contribution < 1.29 is 0 Å². The molecule has 1 aliphatic rings. The molecule has 1 rings (SSSR count). The third-order valence-corrected chi connectivity index (χ3v) is 3.71. The molecular formula is C15H26. The van der Waals surface area contributed by atoms with E-state index < -0.39 is 0 Å². The van der Waals surface area contributed by atoms with Gasteiger partial charge in [0.15, 0.2) is 0 Å². The van der Waals surface area contributed by atoms with Crippen LogP contribution in [0.25, 0.3) is 0 Å². The number of allylic oxidation sites excluding steroid dienone is 3. The van der Waals surface area contributed by atoms with E-state index in [4.69, 9.17) is 0 Å². The molecule has 0 heteroatoms. The summed E-state index contributed by atoms with van der Waals surface area (Å²) in [5, 5.41) is 0. The highest BCUT2D eigenvalue weighted by Gasteiger charge is 2.14.